The van der Waals surface area contributed by atoms with Crippen LogP contribution in [0.5, 0.6) is 0 Å². The monoisotopic (exact) mass is 352 g/mol. The molecule has 0 aliphatic rings. The topological polar surface area (TPSA) is 26.3 Å². The minimum atomic E-state index is -0.297. The number of carbonyl (C=O) groups excluding carboxylic acids is 1. The van der Waals surface area contributed by atoms with Gasteiger partial charge in [0.1, 0.15) is 0 Å². The Morgan fingerprint density at radius 1 is 0.960 bits per heavy atom. The lowest BCUT2D eigenvalue weighted by atomic mass is 9.80. The first-order chi connectivity index (χ1) is 11.3. The summed E-state index contributed by atoms with van der Waals surface area (Å²) in [6.45, 7) is 22.6. The Kier molecular flexibility index (Phi) is 10.7. The summed E-state index contributed by atoms with van der Waals surface area (Å²) in [4.78, 5) is 11.4. The van der Waals surface area contributed by atoms with Gasteiger partial charge in [-0.1, -0.05) is 74.8 Å². The Morgan fingerprint density at radius 2 is 1.48 bits per heavy atom. The second kappa shape index (κ2) is 11.0. The molecule has 0 amide bonds. The maximum absolute atomic E-state index is 11.4. The Morgan fingerprint density at radius 3 is 1.96 bits per heavy atom. The lowest BCUT2D eigenvalue weighted by Crippen LogP contribution is -2.19. The Bertz CT molecular complexity index is 384. The second-order valence-electron chi connectivity index (χ2n) is 10.6. The van der Waals surface area contributed by atoms with Crippen LogP contribution in [0.15, 0.2) is 12.7 Å². The van der Waals surface area contributed by atoms with Gasteiger partial charge in [-0.15, -0.1) is 0 Å². The summed E-state index contributed by atoms with van der Waals surface area (Å²) in [6, 6.07) is 0. The van der Waals surface area contributed by atoms with Crippen molar-refractivity contribution < 1.29 is 9.53 Å². The van der Waals surface area contributed by atoms with E-state index >= 15 is 0 Å². The Balaban J connectivity index is 4.47. The highest BCUT2D eigenvalue weighted by atomic mass is 16.5. The fraction of sp³-hybridized carbons (Fsp3) is 0.870. The molecule has 3 atom stereocenters. The van der Waals surface area contributed by atoms with Gasteiger partial charge in [-0.05, 0) is 54.3 Å². The third-order valence-electron chi connectivity index (χ3n) is 4.59. The molecule has 0 radical (unpaired) electrons. The van der Waals surface area contributed by atoms with E-state index in [0.29, 0.717) is 29.3 Å². The van der Waals surface area contributed by atoms with E-state index in [-0.39, 0.29) is 5.97 Å². The number of hydrogen-bond donors (Lipinski definition) is 0. The molecule has 3 unspecified atom stereocenters. The molecule has 0 aliphatic carbocycles. The molecule has 0 heterocycles. The first-order valence-corrected chi connectivity index (χ1v) is 10.1. The maximum atomic E-state index is 11.4. The van der Waals surface area contributed by atoms with E-state index in [0.717, 1.165) is 18.8 Å². The van der Waals surface area contributed by atoms with Gasteiger partial charge in [-0.3, -0.25) is 0 Å². The highest BCUT2D eigenvalue weighted by Gasteiger charge is 2.21. The summed E-state index contributed by atoms with van der Waals surface area (Å²) in [7, 11) is 0. The summed E-state index contributed by atoms with van der Waals surface area (Å²) in [5.41, 5.74) is 0.752. The fourth-order valence-electron chi connectivity index (χ4n) is 4.13. The third-order valence-corrected chi connectivity index (χ3v) is 4.59. The van der Waals surface area contributed by atoms with Crippen molar-refractivity contribution in [3.63, 3.8) is 0 Å². The molecule has 0 rings (SSSR count). The molecule has 0 bridgehead atoms. The molecular formula is C23H44O2. The molecule has 0 aromatic rings. The quantitative estimate of drug-likeness (QED) is 0.294. The highest BCUT2D eigenvalue weighted by molar-refractivity contribution is 5.81. The SMILES string of the molecule is C=CC(=O)OCC(CCCC(C)CC(C)(C)C)CC(C)CC(C)(C)C. The van der Waals surface area contributed by atoms with Crippen molar-refractivity contribution in [3.05, 3.63) is 12.7 Å². The van der Waals surface area contributed by atoms with E-state index in [4.69, 9.17) is 4.74 Å². The van der Waals surface area contributed by atoms with Crippen LogP contribution >= 0.6 is 0 Å². The Labute approximate surface area is 157 Å². The van der Waals surface area contributed by atoms with Crippen molar-refractivity contribution in [3.8, 4) is 0 Å². The minimum absolute atomic E-state index is 0.297. The zero-order valence-corrected chi connectivity index (χ0v) is 18.3. The van der Waals surface area contributed by atoms with Crippen LogP contribution in [-0.4, -0.2) is 12.6 Å². The lowest BCUT2D eigenvalue weighted by Gasteiger charge is -2.27. The normalized spacial score (nSPS) is 16.2. The van der Waals surface area contributed by atoms with Crippen molar-refractivity contribution >= 4 is 5.97 Å². The summed E-state index contributed by atoms with van der Waals surface area (Å²) in [5.74, 6) is 1.57. The predicted molar refractivity (Wildman–Crippen MR) is 110 cm³/mol. The van der Waals surface area contributed by atoms with Crippen LogP contribution < -0.4 is 0 Å². The van der Waals surface area contributed by atoms with E-state index < -0.39 is 0 Å². The van der Waals surface area contributed by atoms with Gasteiger partial charge in [0.25, 0.3) is 0 Å². The number of ether oxygens (including phenoxy) is 1. The van der Waals surface area contributed by atoms with Gasteiger partial charge in [-0.2, -0.15) is 0 Å². The van der Waals surface area contributed by atoms with Crippen molar-refractivity contribution in [1.29, 1.82) is 0 Å². The molecule has 148 valence electrons. The second-order valence-corrected chi connectivity index (χ2v) is 10.6. The zero-order chi connectivity index (χ0) is 19.7. The number of rotatable bonds is 11. The molecule has 25 heavy (non-hydrogen) atoms. The van der Waals surface area contributed by atoms with Crippen molar-refractivity contribution in [2.45, 2.75) is 93.9 Å². The fourth-order valence-corrected chi connectivity index (χ4v) is 4.13. The number of carbonyl (C=O) groups is 1. The molecule has 0 aliphatic heterocycles. The van der Waals surface area contributed by atoms with E-state index in [2.05, 4.69) is 62.0 Å². The minimum Gasteiger partial charge on any atom is -0.462 e. The van der Waals surface area contributed by atoms with Crippen LogP contribution in [-0.2, 0) is 9.53 Å². The highest BCUT2D eigenvalue weighted by Crippen LogP contribution is 2.31. The lowest BCUT2D eigenvalue weighted by molar-refractivity contribution is -0.139. The zero-order valence-electron chi connectivity index (χ0n) is 18.3. The Hall–Kier alpha value is -0.790. The molecule has 2 nitrogen and oxygen atoms in total. The maximum Gasteiger partial charge on any atom is 0.330 e. The van der Waals surface area contributed by atoms with Gasteiger partial charge in [0.05, 0.1) is 6.61 Å². The summed E-state index contributed by atoms with van der Waals surface area (Å²) < 4.78 is 5.37. The molecule has 0 saturated heterocycles. The summed E-state index contributed by atoms with van der Waals surface area (Å²) in [5, 5.41) is 0. The van der Waals surface area contributed by atoms with Gasteiger partial charge in [-0.25, -0.2) is 4.79 Å². The molecule has 0 N–H and O–H groups in total. The molecule has 0 spiro atoms. The molecule has 0 aromatic heterocycles. The van der Waals surface area contributed by atoms with Gasteiger partial charge >= 0.3 is 5.97 Å². The number of hydrogen-bond acceptors (Lipinski definition) is 2. The van der Waals surface area contributed by atoms with Crippen LogP contribution in [0.25, 0.3) is 0 Å². The summed E-state index contributed by atoms with van der Waals surface area (Å²) >= 11 is 0. The van der Waals surface area contributed by atoms with Gasteiger partial charge in [0.15, 0.2) is 0 Å². The van der Waals surface area contributed by atoms with Crippen LogP contribution in [0, 0.1) is 28.6 Å². The van der Waals surface area contributed by atoms with Gasteiger partial charge in [0, 0.05) is 6.08 Å². The average Bonchev–Trinajstić information content (AvgIpc) is 2.39. The van der Waals surface area contributed by atoms with Crippen molar-refractivity contribution in [2.75, 3.05) is 6.61 Å². The number of esters is 1. The van der Waals surface area contributed by atoms with E-state index in [1.807, 2.05) is 0 Å². The molecule has 0 saturated carbocycles. The predicted octanol–water partition coefficient (Wildman–Crippen LogP) is 7.04. The largest absolute Gasteiger partial charge is 0.462 e. The standard InChI is InChI=1S/C23H44O2/c1-10-21(24)25-17-20(14-19(3)16-23(7,8)9)13-11-12-18(2)15-22(4,5)6/h10,18-20H,1,11-17H2,2-9H3. The van der Waals surface area contributed by atoms with Gasteiger partial charge < -0.3 is 4.74 Å². The molecular weight excluding hydrogens is 308 g/mol. The van der Waals surface area contributed by atoms with E-state index in [1.165, 1.54) is 31.8 Å². The van der Waals surface area contributed by atoms with Crippen LogP contribution in [0.2, 0.25) is 0 Å². The van der Waals surface area contributed by atoms with E-state index in [9.17, 15) is 4.79 Å². The molecule has 0 fully saturated rings. The first-order valence-electron chi connectivity index (χ1n) is 10.1. The van der Waals surface area contributed by atoms with Crippen LogP contribution in [0.1, 0.15) is 93.9 Å². The van der Waals surface area contributed by atoms with E-state index in [1.54, 1.807) is 0 Å². The first kappa shape index (κ1) is 24.2. The van der Waals surface area contributed by atoms with Crippen molar-refractivity contribution in [1.82, 2.24) is 0 Å². The van der Waals surface area contributed by atoms with Crippen LogP contribution in [0.3, 0.4) is 0 Å². The van der Waals surface area contributed by atoms with Gasteiger partial charge in [0.2, 0.25) is 0 Å². The van der Waals surface area contributed by atoms with Crippen LogP contribution in [0.4, 0.5) is 0 Å². The third kappa shape index (κ3) is 15.2. The smallest absolute Gasteiger partial charge is 0.330 e. The summed E-state index contributed by atoms with van der Waals surface area (Å²) in [6.07, 6.45) is 8.50. The molecule has 2 heteroatoms. The molecule has 0 aromatic carbocycles. The average molecular weight is 353 g/mol. The van der Waals surface area contributed by atoms with Crippen molar-refractivity contribution in [2.24, 2.45) is 28.6 Å².